The highest BCUT2D eigenvalue weighted by molar-refractivity contribution is 6.20. The van der Waals surface area contributed by atoms with Crippen LogP contribution in [-0.4, -0.2) is 24.1 Å². The van der Waals surface area contributed by atoms with Gasteiger partial charge < -0.3 is 4.57 Å². The van der Waals surface area contributed by atoms with Crippen molar-refractivity contribution in [2.45, 2.75) is 20.8 Å². The minimum absolute atomic E-state index is 0.841. The molecular formula is C44H37N5. The fourth-order valence-electron chi connectivity index (χ4n) is 6.49. The van der Waals surface area contributed by atoms with E-state index in [0.29, 0.717) is 0 Å². The molecular weight excluding hydrogens is 599 g/mol. The average Bonchev–Trinajstić information content (AvgIpc) is 3.75. The van der Waals surface area contributed by atoms with E-state index in [4.69, 9.17) is 9.97 Å². The maximum atomic E-state index is 4.97. The predicted octanol–water partition coefficient (Wildman–Crippen LogP) is 11.4. The summed E-state index contributed by atoms with van der Waals surface area (Å²) in [5.74, 6) is 0. The Morgan fingerprint density at radius 1 is 0.714 bits per heavy atom. The van der Waals surface area contributed by atoms with E-state index in [1.54, 1.807) is 6.20 Å². The number of hydrogen-bond donors (Lipinski definition) is 0. The maximum absolute atomic E-state index is 4.97. The first-order valence-electron chi connectivity index (χ1n) is 16.7. The quantitative estimate of drug-likeness (QED) is 0.164. The van der Waals surface area contributed by atoms with E-state index in [9.17, 15) is 0 Å². The summed E-state index contributed by atoms with van der Waals surface area (Å²) in [7, 11) is 0. The van der Waals surface area contributed by atoms with E-state index in [-0.39, 0.29) is 0 Å². The summed E-state index contributed by atoms with van der Waals surface area (Å²) < 4.78 is 4.52. The van der Waals surface area contributed by atoms with Gasteiger partial charge in [-0.2, -0.15) is 0 Å². The van der Waals surface area contributed by atoms with Gasteiger partial charge in [-0.3, -0.25) is 14.5 Å². The second-order valence-electron chi connectivity index (χ2n) is 11.4. The van der Waals surface area contributed by atoms with Crippen LogP contribution in [0.3, 0.4) is 0 Å². The molecule has 0 fully saturated rings. The number of hydrogen-bond acceptors (Lipinski definition) is 3. The van der Waals surface area contributed by atoms with Crippen molar-refractivity contribution in [2.24, 2.45) is 0 Å². The lowest BCUT2D eigenvalue weighted by atomic mass is 9.97. The van der Waals surface area contributed by atoms with E-state index in [0.717, 1.165) is 77.9 Å². The lowest BCUT2D eigenvalue weighted by molar-refractivity contribution is 1.10. The monoisotopic (exact) mass is 635 g/mol. The molecule has 0 amide bonds. The molecule has 3 aromatic carbocycles. The molecule has 0 saturated heterocycles. The van der Waals surface area contributed by atoms with Crippen molar-refractivity contribution in [3.05, 3.63) is 170 Å². The van der Waals surface area contributed by atoms with Crippen LogP contribution in [0.4, 0.5) is 0 Å². The van der Waals surface area contributed by atoms with Gasteiger partial charge in [0, 0.05) is 40.4 Å². The van der Waals surface area contributed by atoms with Crippen LogP contribution in [0.1, 0.15) is 26.3 Å². The summed E-state index contributed by atoms with van der Waals surface area (Å²) >= 11 is 0. The van der Waals surface area contributed by atoms with Crippen molar-refractivity contribution in [2.75, 3.05) is 0 Å². The average molecular weight is 636 g/mol. The Morgan fingerprint density at radius 3 is 2.29 bits per heavy atom. The number of benzene rings is 3. The number of aromatic nitrogens is 5. The standard InChI is InChI=1S/C42H31N5.C2H6/c1-3-11-29(12-4-2)32-25-33(30-13-6-5-7-14-30)27-35(26-32)47-39-20-17-31-21-24-46(41(31)40(39)36-15-10-23-44-42(36)47)34-18-19-38(45-28-34)37-16-8-9-22-43-37;1-2/h3-28H,1H2,2H3;1-2H3/b12-4-,29-11+;. The van der Waals surface area contributed by atoms with Crippen molar-refractivity contribution >= 4 is 38.4 Å². The van der Waals surface area contributed by atoms with Gasteiger partial charge in [-0.1, -0.05) is 87.2 Å². The highest BCUT2D eigenvalue weighted by atomic mass is 15.1. The molecule has 5 aromatic heterocycles. The zero-order chi connectivity index (χ0) is 33.7. The first-order valence-corrected chi connectivity index (χ1v) is 16.7. The minimum atomic E-state index is 0.841. The van der Waals surface area contributed by atoms with Crippen LogP contribution >= 0.6 is 0 Å². The molecule has 0 aliphatic carbocycles. The van der Waals surface area contributed by atoms with Crippen molar-refractivity contribution in [3.8, 4) is 33.9 Å². The Balaban J connectivity index is 0.00000186. The summed E-state index contributed by atoms with van der Waals surface area (Å²) in [6.45, 7) is 10.0. The second-order valence-corrected chi connectivity index (χ2v) is 11.4. The molecule has 0 N–H and O–H groups in total. The molecule has 5 nitrogen and oxygen atoms in total. The third-order valence-corrected chi connectivity index (χ3v) is 8.55. The molecule has 0 atom stereocenters. The van der Waals surface area contributed by atoms with E-state index in [2.05, 4.69) is 124 Å². The zero-order valence-corrected chi connectivity index (χ0v) is 28.0. The number of rotatable bonds is 7. The summed E-state index contributed by atoms with van der Waals surface area (Å²) in [5.41, 5.74) is 11.3. The van der Waals surface area contributed by atoms with Crippen LogP contribution in [0.5, 0.6) is 0 Å². The molecule has 8 aromatic rings. The SMILES string of the molecule is C=C/C=C(\C=C/C)c1cc(-c2ccccc2)cc(-n2c3ccc4ccn(-c5ccc(-c6ccccn6)nc5)c4c3c3cccnc32)c1.CC. The second kappa shape index (κ2) is 13.8. The number of nitrogens with zero attached hydrogens (tertiary/aromatic N) is 5. The molecule has 0 radical (unpaired) electrons. The van der Waals surface area contributed by atoms with Crippen LogP contribution in [0.15, 0.2) is 165 Å². The van der Waals surface area contributed by atoms with Gasteiger partial charge in [-0.25, -0.2) is 4.98 Å². The minimum Gasteiger partial charge on any atom is -0.314 e. The maximum Gasteiger partial charge on any atom is 0.145 e. The topological polar surface area (TPSA) is 48.5 Å². The van der Waals surface area contributed by atoms with Crippen LogP contribution in [-0.2, 0) is 0 Å². The predicted molar refractivity (Wildman–Crippen MR) is 206 cm³/mol. The lowest BCUT2D eigenvalue weighted by Gasteiger charge is -2.14. The van der Waals surface area contributed by atoms with Gasteiger partial charge >= 0.3 is 0 Å². The van der Waals surface area contributed by atoms with E-state index >= 15 is 0 Å². The van der Waals surface area contributed by atoms with Crippen LogP contribution < -0.4 is 0 Å². The molecule has 49 heavy (non-hydrogen) atoms. The van der Waals surface area contributed by atoms with Gasteiger partial charge in [0.05, 0.1) is 34.3 Å². The van der Waals surface area contributed by atoms with Crippen molar-refractivity contribution in [3.63, 3.8) is 0 Å². The molecule has 238 valence electrons. The first kappa shape index (κ1) is 31.3. The molecule has 5 heteroatoms. The molecule has 0 aliphatic heterocycles. The summed E-state index contributed by atoms with van der Waals surface area (Å²) in [6, 6.07) is 38.1. The molecule has 0 spiro atoms. The number of fused-ring (bicyclic) bond motifs is 5. The molecule has 0 aliphatic rings. The van der Waals surface area contributed by atoms with Gasteiger partial charge in [0.15, 0.2) is 0 Å². The van der Waals surface area contributed by atoms with E-state index in [1.165, 1.54) is 0 Å². The van der Waals surface area contributed by atoms with Crippen molar-refractivity contribution in [1.29, 1.82) is 0 Å². The van der Waals surface area contributed by atoms with Crippen LogP contribution in [0.2, 0.25) is 0 Å². The van der Waals surface area contributed by atoms with Crippen LogP contribution in [0, 0.1) is 0 Å². The van der Waals surface area contributed by atoms with Gasteiger partial charge in [0.1, 0.15) is 5.65 Å². The van der Waals surface area contributed by atoms with Gasteiger partial charge in [-0.15, -0.1) is 0 Å². The fourth-order valence-corrected chi connectivity index (χ4v) is 6.49. The number of pyridine rings is 3. The first-order chi connectivity index (χ1) is 24.2. The normalized spacial score (nSPS) is 11.7. The largest absolute Gasteiger partial charge is 0.314 e. The smallest absolute Gasteiger partial charge is 0.145 e. The Bertz CT molecular complexity index is 2460. The summed E-state index contributed by atoms with van der Waals surface area (Å²) in [4.78, 5) is 14.2. The van der Waals surface area contributed by atoms with E-state index in [1.807, 2.05) is 69.6 Å². The fraction of sp³-hybridized carbons (Fsp3) is 0.0682. The Hall–Kier alpha value is -6.33. The Kier molecular flexibility index (Phi) is 8.81. The third-order valence-electron chi connectivity index (χ3n) is 8.55. The van der Waals surface area contributed by atoms with Gasteiger partial charge in [0.25, 0.3) is 0 Å². The highest BCUT2D eigenvalue weighted by Gasteiger charge is 2.19. The summed E-state index contributed by atoms with van der Waals surface area (Å²) in [6.07, 6.45) is 15.8. The zero-order valence-electron chi connectivity index (χ0n) is 28.0. The van der Waals surface area contributed by atoms with Gasteiger partial charge in [0.2, 0.25) is 0 Å². The lowest BCUT2D eigenvalue weighted by Crippen LogP contribution is -1.98. The molecule has 5 heterocycles. The van der Waals surface area contributed by atoms with E-state index < -0.39 is 0 Å². The molecule has 8 rings (SSSR count). The molecule has 0 saturated carbocycles. The molecule has 0 bridgehead atoms. The third kappa shape index (κ3) is 5.76. The van der Waals surface area contributed by atoms with Crippen molar-refractivity contribution < 1.29 is 0 Å². The van der Waals surface area contributed by atoms with Crippen LogP contribution in [0.25, 0.3) is 72.3 Å². The number of allylic oxidation sites excluding steroid dienone is 5. The Labute approximate surface area is 286 Å². The van der Waals surface area contributed by atoms with Gasteiger partial charge in [-0.05, 0) is 95.9 Å². The van der Waals surface area contributed by atoms with Crippen molar-refractivity contribution in [1.82, 2.24) is 24.1 Å². The summed E-state index contributed by atoms with van der Waals surface area (Å²) in [5, 5.41) is 3.39. The Morgan fingerprint density at radius 2 is 1.53 bits per heavy atom. The molecule has 0 unspecified atom stereocenters. The highest BCUT2D eigenvalue weighted by Crippen LogP contribution is 2.39.